The van der Waals surface area contributed by atoms with Crippen molar-refractivity contribution in [2.75, 3.05) is 13.1 Å². The maximum atomic E-state index is 13.8. The van der Waals surface area contributed by atoms with E-state index in [1.807, 2.05) is 18.2 Å². The Labute approximate surface area is 228 Å². The third-order valence-electron chi connectivity index (χ3n) is 7.38. The number of rotatable bonds is 9. The second-order valence-corrected chi connectivity index (χ2v) is 10.7. The summed E-state index contributed by atoms with van der Waals surface area (Å²) in [6.45, 7) is 1.40. The number of carbonyl (C=O) groups is 2. The highest BCUT2D eigenvalue weighted by Gasteiger charge is 2.45. The first-order valence-corrected chi connectivity index (χ1v) is 13.6. The molecule has 0 aliphatic carbocycles. The van der Waals surface area contributed by atoms with Crippen molar-refractivity contribution in [3.8, 4) is 6.07 Å². The van der Waals surface area contributed by atoms with Gasteiger partial charge in [0.05, 0.1) is 22.2 Å². The highest BCUT2D eigenvalue weighted by atomic mass is 35.5. The molecule has 37 heavy (non-hydrogen) atoms. The highest BCUT2D eigenvalue weighted by Crippen LogP contribution is 2.30. The molecule has 2 fully saturated rings. The van der Waals surface area contributed by atoms with Crippen LogP contribution in [0.4, 0.5) is 0 Å². The topological polar surface area (TPSA) is 102 Å². The van der Waals surface area contributed by atoms with Gasteiger partial charge in [0.15, 0.2) is 0 Å². The van der Waals surface area contributed by atoms with E-state index in [0.29, 0.717) is 29.6 Å². The molecule has 0 aromatic heterocycles. The summed E-state index contributed by atoms with van der Waals surface area (Å²) in [5.41, 5.74) is 8.39. The van der Waals surface area contributed by atoms with Crippen molar-refractivity contribution >= 4 is 35.0 Å². The maximum absolute atomic E-state index is 13.8. The minimum atomic E-state index is -0.721. The lowest BCUT2D eigenvalue weighted by Gasteiger charge is -2.32. The number of nitrogens with two attached hydrogens (primary N) is 1. The molecular formula is C28H33Cl2N5O2. The number of nitrogens with one attached hydrogen (secondary N) is 1. The van der Waals surface area contributed by atoms with Crippen molar-refractivity contribution in [3.05, 3.63) is 69.7 Å². The number of aryl methyl sites for hydroxylation is 1. The predicted molar refractivity (Wildman–Crippen MR) is 145 cm³/mol. The summed E-state index contributed by atoms with van der Waals surface area (Å²) in [6, 6.07) is 16.7. The van der Waals surface area contributed by atoms with Crippen molar-refractivity contribution in [1.29, 1.82) is 5.26 Å². The number of carbonyl (C=O) groups excluding carboxylic acids is 2. The molecule has 0 spiro atoms. The van der Waals surface area contributed by atoms with Gasteiger partial charge in [0, 0.05) is 38.1 Å². The summed E-state index contributed by atoms with van der Waals surface area (Å²) in [6.07, 6.45) is 3.63. The minimum absolute atomic E-state index is 0.0669. The SMILES string of the molecule is N#CCC[C@H](C(=O)NCc1ccc(Cl)c(Cl)c1)N1CCC(CCc2ccccc2)N2C[C@H](N)C[C@H]2C1=O. The molecule has 0 saturated carbocycles. The molecule has 2 aliphatic heterocycles. The Morgan fingerprint density at radius 2 is 1.95 bits per heavy atom. The van der Waals surface area contributed by atoms with Gasteiger partial charge in [-0.25, -0.2) is 0 Å². The Morgan fingerprint density at radius 1 is 1.16 bits per heavy atom. The molecule has 0 bridgehead atoms. The fourth-order valence-electron chi connectivity index (χ4n) is 5.48. The van der Waals surface area contributed by atoms with Gasteiger partial charge in [-0.05, 0) is 55.4 Å². The van der Waals surface area contributed by atoms with Crippen molar-refractivity contribution in [1.82, 2.24) is 15.1 Å². The molecule has 196 valence electrons. The predicted octanol–water partition coefficient (Wildman–Crippen LogP) is 3.92. The molecule has 2 heterocycles. The standard InChI is InChI=1S/C28H33Cl2N5O2/c29-23-11-9-20(15-24(23)30)17-33-27(36)25(7-4-13-31)34-14-12-22(10-8-19-5-2-1-3-6-19)35-18-21(32)16-26(35)28(34)37/h1-3,5-6,9,11,15,21-22,25-26H,4,7-8,10,12,14,16-18,32H2,(H,33,36)/t21-,22?,25-,26+/m1/s1. The van der Waals surface area contributed by atoms with Crippen LogP contribution >= 0.6 is 23.2 Å². The average Bonchev–Trinajstić information content (AvgIpc) is 3.24. The zero-order valence-electron chi connectivity index (χ0n) is 20.8. The number of hydrogen-bond donors (Lipinski definition) is 2. The van der Waals surface area contributed by atoms with E-state index < -0.39 is 6.04 Å². The van der Waals surface area contributed by atoms with E-state index in [2.05, 4.69) is 28.4 Å². The number of nitriles is 1. The van der Waals surface area contributed by atoms with Gasteiger partial charge < -0.3 is 16.0 Å². The van der Waals surface area contributed by atoms with Crippen LogP contribution in [0.15, 0.2) is 48.5 Å². The molecule has 7 nitrogen and oxygen atoms in total. The van der Waals surface area contributed by atoms with Gasteiger partial charge in [0.2, 0.25) is 11.8 Å². The molecule has 2 aromatic rings. The molecular weight excluding hydrogens is 509 g/mol. The van der Waals surface area contributed by atoms with Gasteiger partial charge in [0.25, 0.3) is 0 Å². The van der Waals surface area contributed by atoms with Gasteiger partial charge in [-0.1, -0.05) is 59.6 Å². The summed E-state index contributed by atoms with van der Waals surface area (Å²) in [5, 5.41) is 13.0. The fourth-order valence-corrected chi connectivity index (χ4v) is 5.80. The molecule has 4 rings (SSSR count). The van der Waals surface area contributed by atoms with Crippen LogP contribution in [0.25, 0.3) is 0 Å². The number of nitrogens with zero attached hydrogens (tertiary/aromatic N) is 3. The largest absolute Gasteiger partial charge is 0.350 e. The van der Waals surface area contributed by atoms with E-state index in [-0.39, 0.29) is 49.3 Å². The second-order valence-electron chi connectivity index (χ2n) is 9.89. The molecule has 1 unspecified atom stereocenters. The van der Waals surface area contributed by atoms with Gasteiger partial charge >= 0.3 is 0 Å². The Bertz CT molecular complexity index is 1140. The van der Waals surface area contributed by atoms with E-state index in [0.717, 1.165) is 24.8 Å². The van der Waals surface area contributed by atoms with Crippen LogP contribution in [0.3, 0.4) is 0 Å². The third kappa shape index (κ3) is 6.82. The lowest BCUT2D eigenvalue weighted by molar-refractivity contribution is -0.143. The van der Waals surface area contributed by atoms with Crippen molar-refractivity contribution in [3.63, 3.8) is 0 Å². The monoisotopic (exact) mass is 541 g/mol. The summed E-state index contributed by atoms with van der Waals surface area (Å²) < 4.78 is 0. The molecule has 9 heteroatoms. The van der Waals surface area contributed by atoms with Crippen molar-refractivity contribution < 1.29 is 9.59 Å². The quantitative estimate of drug-likeness (QED) is 0.500. The van der Waals surface area contributed by atoms with E-state index in [1.165, 1.54) is 5.56 Å². The van der Waals surface area contributed by atoms with Crippen LogP contribution in [-0.4, -0.2) is 58.9 Å². The van der Waals surface area contributed by atoms with Crippen LogP contribution in [0.5, 0.6) is 0 Å². The summed E-state index contributed by atoms with van der Waals surface area (Å²) in [4.78, 5) is 31.1. The third-order valence-corrected chi connectivity index (χ3v) is 8.12. The van der Waals surface area contributed by atoms with Crippen LogP contribution in [0, 0.1) is 11.3 Å². The highest BCUT2D eigenvalue weighted by molar-refractivity contribution is 6.42. The van der Waals surface area contributed by atoms with Gasteiger partial charge in [-0.3, -0.25) is 14.5 Å². The van der Waals surface area contributed by atoms with Crippen LogP contribution in [0.1, 0.15) is 43.2 Å². The van der Waals surface area contributed by atoms with Crippen molar-refractivity contribution in [2.45, 2.75) is 69.2 Å². The summed E-state index contributed by atoms with van der Waals surface area (Å²) in [7, 11) is 0. The first-order chi connectivity index (χ1) is 17.9. The minimum Gasteiger partial charge on any atom is -0.350 e. The molecule has 4 atom stereocenters. The number of hydrogen-bond acceptors (Lipinski definition) is 5. The van der Waals surface area contributed by atoms with Gasteiger partial charge in [-0.15, -0.1) is 0 Å². The number of benzene rings is 2. The molecule has 2 aromatic carbocycles. The van der Waals surface area contributed by atoms with Crippen molar-refractivity contribution in [2.24, 2.45) is 5.73 Å². The Kier molecular flexibility index (Phi) is 9.44. The number of halogens is 2. The second kappa shape index (κ2) is 12.7. The molecule has 2 aliphatic rings. The molecule has 3 N–H and O–H groups in total. The zero-order chi connectivity index (χ0) is 26.4. The Morgan fingerprint density at radius 3 is 2.68 bits per heavy atom. The molecule has 2 saturated heterocycles. The lowest BCUT2D eigenvalue weighted by Crippen LogP contribution is -2.53. The number of amides is 2. The van der Waals surface area contributed by atoms with E-state index in [9.17, 15) is 14.9 Å². The van der Waals surface area contributed by atoms with Crippen LogP contribution < -0.4 is 11.1 Å². The zero-order valence-corrected chi connectivity index (χ0v) is 22.3. The molecule has 2 amide bonds. The van der Waals surface area contributed by atoms with Crippen LogP contribution in [-0.2, 0) is 22.6 Å². The first kappa shape index (κ1) is 27.4. The van der Waals surface area contributed by atoms with E-state index >= 15 is 0 Å². The Hall–Kier alpha value is -2.63. The van der Waals surface area contributed by atoms with Gasteiger partial charge in [-0.2, -0.15) is 5.26 Å². The van der Waals surface area contributed by atoms with E-state index in [1.54, 1.807) is 23.1 Å². The van der Waals surface area contributed by atoms with Gasteiger partial charge in [0.1, 0.15) is 6.04 Å². The summed E-state index contributed by atoms with van der Waals surface area (Å²) in [5.74, 6) is -0.339. The smallest absolute Gasteiger partial charge is 0.243 e. The number of fused-ring (bicyclic) bond motifs is 1. The van der Waals surface area contributed by atoms with E-state index in [4.69, 9.17) is 28.9 Å². The van der Waals surface area contributed by atoms with Crippen LogP contribution in [0.2, 0.25) is 10.0 Å². The average molecular weight is 543 g/mol. The normalized spacial score (nSPS) is 22.7. The maximum Gasteiger partial charge on any atom is 0.243 e. The fraction of sp³-hybridized carbons (Fsp3) is 0.464. The lowest BCUT2D eigenvalue weighted by atomic mass is 10.0. The molecule has 0 radical (unpaired) electrons. The first-order valence-electron chi connectivity index (χ1n) is 12.8. The Balaban J connectivity index is 1.49. The summed E-state index contributed by atoms with van der Waals surface area (Å²) >= 11 is 12.1.